The molecule has 2 rings (SSSR count). The second kappa shape index (κ2) is 6.68. The normalized spacial score (nSPS) is 12.4. The zero-order valence-corrected chi connectivity index (χ0v) is 12.5. The molecule has 0 radical (unpaired) electrons. The van der Waals surface area contributed by atoms with Crippen LogP contribution in [0.4, 0.5) is 4.39 Å². The minimum absolute atomic E-state index is 0.0553. The smallest absolute Gasteiger partial charge is 0.255 e. The average Bonchev–Trinajstić information content (AvgIpc) is 2.47. The summed E-state index contributed by atoms with van der Waals surface area (Å²) in [5.41, 5.74) is 8.34. The van der Waals surface area contributed by atoms with Gasteiger partial charge in [-0.1, -0.05) is 25.5 Å². The van der Waals surface area contributed by atoms with Gasteiger partial charge in [0.05, 0.1) is 6.04 Å². The molecule has 0 spiro atoms. The number of benzene rings is 1. The van der Waals surface area contributed by atoms with Crippen LogP contribution in [0.1, 0.15) is 42.6 Å². The molecule has 0 bridgehead atoms. The summed E-state index contributed by atoms with van der Waals surface area (Å²) in [5.74, 6) is -0.310. The van der Waals surface area contributed by atoms with Gasteiger partial charge in [-0.25, -0.2) is 4.39 Å². The van der Waals surface area contributed by atoms with E-state index in [0.29, 0.717) is 12.1 Å². The number of pyridine rings is 1. The van der Waals surface area contributed by atoms with Crippen molar-refractivity contribution in [3.05, 3.63) is 69.4 Å². The van der Waals surface area contributed by atoms with Crippen molar-refractivity contribution in [2.75, 3.05) is 0 Å². The highest BCUT2D eigenvalue weighted by atomic mass is 19.1. The van der Waals surface area contributed by atoms with Crippen LogP contribution in [0.25, 0.3) is 0 Å². The third kappa shape index (κ3) is 3.39. The van der Waals surface area contributed by atoms with E-state index in [2.05, 4.69) is 6.92 Å². The van der Waals surface area contributed by atoms with Crippen molar-refractivity contribution < 1.29 is 4.39 Å². The van der Waals surface area contributed by atoms with Crippen LogP contribution >= 0.6 is 0 Å². The molecular weight excluding hydrogens is 267 g/mol. The van der Waals surface area contributed by atoms with Crippen LogP contribution in [0, 0.1) is 12.7 Å². The summed E-state index contributed by atoms with van der Waals surface area (Å²) in [4.78, 5) is 12.6. The predicted molar refractivity (Wildman–Crippen MR) is 82.8 cm³/mol. The Labute approximate surface area is 124 Å². The van der Waals surface area contributed by atoms with Crippen molar-refractivity contribution in [2.24, 2.45) is 5.73 Å². The summed E-state index contributed by atoms with van der Waals surface area (Å²) in [6.45, 7) is 4.71. The summed E-state index contributed by atoms with van der Waals surface area (Å²) in [6, 6.07) is 9.11. The first-order valence-electron chi connectivity index (χ1n) is 7.26. The molecule has 1 unspecified atom stereocenters. The zero-order chi connectivity index (χ0) is 15.4. The number of aryl methyl sites for hydroxylation is 1. The third-order valence-corrected chi connectivity index (χ3v) is 3.72. The molecule has 0 aliphatic heterocycles. The lowest BCUT2D eigenvalue weighted by molar-refractivity contribution is 0.590. The van der Waals surface area contributed by atoms with Gasteiger partial charge < -0.3 is 10.3 Å². The van der Waals surface area contributed by atoms with E-state index in [1.165, 1.54) is 12.1 Å². The first-order valence-corrected chi connectivity index (χ1v) is 7.26. The Morgan fingerprint density at radius 3 is 2.48 bits per heavy atom. The highest BCUT2D eigenvalue weighted by Gasteiger charge is 2.15. The van der Waals surface area contributed by atoms with Crippen molar-refractivity contribution in [3.8, 4) is 0 Å². The second-order valence-electron chi connectivity index (χ2n) is 5.27. The van der Waals surface area contributed by atoms with Gasteiger partial charge in [-0.3, -0.25) is 4.79 Å². The SMILES string of the molecule is CCCCn1c(C)ccc(C(N)c2ccc(F)cc2)c1=O. The molecule has 0 amide bonds. The van der Waals surface area contributed by atoms with Gasteiger partial charge in [-0.05, 0) is 43.2 Å². The summed E-state index contributed by atoms with van der Waals surface area (Å²) in [6.07, 6.45) is 1.98. The van der Waals surface area contributed by atoms with Crippen LogP contribution < -0.4 is 11.3 Å². The Kier molecular flexibility index (Phi) is 4.91. The maximum absolute atomic E-state index is 13.0. The highest BCUT2D eigenvalue weighted by Crippen LogP contribution is 2.17. The molecule has 1 heterocycles. The Hall–Kier alpha value is -1.94. The van der Waals surface area contributed by atoms with E-state index in [-0.39, 0.29) is 11.4 Å². The Morgan fingerprint density at radius 1 is 1.19 bits per heavy atom. The number of hydrogen-bond donors (Lipinski definition) is 1. The predicted octanol–water partition coefficient (Wildman–Crippen LogP) is 3.14. The third-order valence-electron chi connectivity index (χ3n) is 3.72. The number of nitrogens with zero attached hydrogens (tertiary/aromatic N) is 1. The molecule has 1 aromatic heterocycles. The van der Waals surface area contributed by atoms with E-state index < -0.39 is 6.04 Å². The molecule has 4 heteroatoms. The summed E-state index contributed by atoms with van der Waals surface area (Å²) < 4.78 is 14.7. The molecule has 0 saturated heterocycles. The van der Waals surface area contributed by atoms with Gasteiger partial charge in [0.2, 0.25) is 0 Å². The standard InChI is InChI=1S/C17H21FN2O/c1-3-4-11-20-12(2)5-10-15(17(20)21)16(19)13-6-8-14(18)9-7-13/h5-10,16H,3-4,11,19H2,1-2H3. The van der Waals surface area contributed by atoms with Crippen LogP contribution in [0.5, 0.6) is 0 Å². The Balaban J connectivity index is 2.39. The monoisotopic (exact) mass is 288 g/mol. The fourth-order valence-electron chi connectivity index (χ4n) is 2.37. The number of halogens is 1. The maximum atomic E-state index is 13.0. The van der Waals surface area contributed by atoms with E-state index in [1.807, 2.05) is 13.0 Å². The van der Waals surface area contributed by atoms with Crippen LogP contribution in [0.15, 0.2) is 41.2 Å². The van der Waals surface area contributed by atoms with Crippen molar-refractivity contribution in [3.63, 3.8) is 0 Å². The van der Waals surface area contributed by atoms with E-state index >= 15 is 0 Å². The largest absolute Gasteiger partial charge is 0.320 e. The first-order chi connectivity index (χ1) is 10.0. The number of aromatic nitrogens is 1. The van der Waals surface area contributed by atoms with Gasteiger partial charge in [0.15, 0.2) is 0 Å². The number of hydrogen-bond acceptors (Lipinski definition) is 2. The van der Waals surface area contributed by atoms with Gasteiger partial charge in [0.1, 0.15) is 5.82 Å². The minimum Gasteiger partial charge on any atom is -0.320 e. The van der Waals surface area contributed by atoms with Crippen LogP contribution in [-0.2, 0) is 6.54 Å². The average molecular weight is 288 g/mol. The highest BCUT2D eigenvalue weighted by molar-refractivity contribution is 5.31. The van der Waals surface area contributed by atoms with E-state index in [9.17, 15) is 9.18 Å². The van der Waals surface area contributed by atoms with Crippen molar-refractivity contribution in [1.82, 2.24) is 4.57 Å². The first kappa shape index (κ1) is 15.4. The summed E-state index contributed by atoms with van der Waals surface area (Å²) in [5, 5.41) is 0. The van der Waals surface area contributed by atoms with Crippen molar-refractivity contribution >= 4 is 0 Å². The van der Waals surface area contributed by atoms with Crippen LogP contribution in [0.3, 0.4) is 0 Å². The lowest BCUT2D eigenvalue weighted by Gasteiger charge is -2.16. The molecule has 0 saturated carbocycles. The Bertz CT molecular complexity index is 661. The number of nitrogens with two attached hydrogens (primary N) is 1. The lowest BCUT2D eigenvalue weighted by atomic mass is 10.0. The van der Waals surface area contributed by atoms with Crippen LogP contribution in [0.2, 0.25) is 0 Å². The maximum Gasteiger partial charge on any atom is 0.255 e. The molecular formula is C17H21FN2O. The second-order valence-corrected chi connectivity index (χ2v) is 5.27. The van der Waals surface area contributed by atoms with Crippen LogP contribution in [-0.4, -0.2) is 4.57 Å². The van der Waals surface area contributed by atoms with Crippen molar-refractivity contribution in [1.29, 1.82) is 0 Å². The summed E-state index contributed by atoms with van der Waals surface area (Å²) in [7, 11) is 0. The van der Waals surface area contributed by atoms with Gasteiger partial charge in [-0.2, -0.15) is 0 Å². The molecule has 3 nitrogen and oxygen atoms in total. The zero-order valence-electron chi connectivity index (χ0n) is 12.5. The molecule has 0 fully saturated rings. The molecule has 2 aromatic rings. The molecule has 112 valence electrons. The summed E-state index contributed by atoms with van der Waals surface area (Å²) >= 11 is 0. The Morgan fingerprint density at radius 2 is 1.86 bits per heavy atom. The van der Waals surface area contributed by atoms with E-state index in [0.717, 1.165) is 24.1 Å². The fourth-order valence-corrected chi connectivity index (χ4v) is 2.37. The van der Waals surface area contributed by atoms with E-state index in [1.54, 1.807) is 22.8 Å². The molecule has 1 aromatic carbocycles. The van der Waals surface area contributed by atoms with E-state index in [4.69, 9.17) is 5.73 Å². The van der Waals surface area contributed by atoms with Gasteiger partial charge >= 0.3 is 0 Å². The molecule has 0 aliphatic rings. The van der Waals surface area contributed by atoms with Gasteiger partial charge in [0.25, 0.3) is 5.56 Å². The lowest BCUT2D eigenvalue weighted by Crippen LogP contribution is -2.30. The fraction of sp³-hybridized carbons (Fsp3) is 0.353. The topological polar surface area (TPSA) is 48.0 Å². The van der Waals surface area contributed by atoms with Gasteiger partial charge in [-0.15, -0.1) is 0 Å². The molecule has 0 aliphatic carbocycles. The molecule has 21 heavy (non-hydrogen) atoms. The quantitative estimate of drug-likeness (QED) is 0.918. The molecule has 2 N–H and O–H groups in total. The number of rotatable bonds is 5. The number of unbranched alkanes of at least 4 members (excludes halogenated alkanes) is 1. The molecule has 1 atom stereocenters. The van der Waals surface area contributed by atoms with Crippen molar-refractivity contribution in [2.45, 2.75) is 39.3 Å². The van der Waals surface area contributed by atoms with Gasteiger partial charge in [0, 0.05) is 17.8 Å². The minimum atomic E-state index is -0.536.